The normalized spacial score (nSPS) is 24.1. The molecule has 0 spiro atoms. The SMILES string of the molecule is CNC(C)Cc1noc(C2CSCN2C(=O)C2CCCC2)n1. The molecule has 22 heavy (non-hydrogen) atoms. The number of carbonyl (C=O) groups excluding carboxylic acids is 1. The molecule has 2 heterocycles. The molecule has 1 saturated heterocycles. The van der Waals surface area contributed by atoms with E-state index in [0.717, 1.165) is 30.9 Å². The van der Waals surface area contributed by atoms with Gasteiger partial charge in [0.15, 0.2) is 5.82 Å². The van der Waals surface area contributed by atoms with E-state index in [9.17, 15) is 4.79 Å². The molecule has 1 aliphatic heterocycles. The van der Waals surface area contributed by atoms with Crippen LogP contribution in [0.3, 0.4) is 0 Å². The van der Waals surface area contributed by atoms with Gasteiger partial charge in [0.05, 0.1) is 5.88 Å². The van der Waals surface area contributed by atoms with Crippen LogP contribution < -0.4 is 5.32 Å². The lowest BCUT2D eigenvalue weighted by molar-refractivity contribution is -0.136. The molecule has 1 aromatic heterocycles. The third kappa shape index (κ3) is 3.30. The molecule has 0 aromatic carbocycles. The van der Waals surface area contributed by atoms with Gasteiger partial charge in [0.25, 0.3) is 0 Å². The average Bonchev–Trinajstić information content (AvgIpc) is 3.26. The molecule has 1 aromatic rings. The summed E-state index contributed by atoms with van der Waals surface area (Å²) in [7, 11) is 1.92. The Labute approximate surface area is 135 Å². The number of amides is 1. The van der Waals surface area contributed by atoms with E-state index in [-0.39, 0.29) is 17.9 Å². The van der Waals surface area contributed by atoms with E-state index < -0.39 is 0 Å². The quantitative estimate of drug-likeness (QED) is 0.893. The van der Waals surface area contributed by atoms with Crippen LogP contribution in [-0.2, 0) is 11.2 Å². The number of aromatic nitrogens is 2. The van der Waals surface area contributed by atoms with Gasteiger partial charge in [0.1, 0.15) is 6.04 Å². The summed E-state index contributed by atoms with van der Waals surface area (Å²) < 4.78 is 5.44. The molecule has 2 aliphatic rings. The summed E-state index contributed by atoms with van der Waals surface area (Å²) in [6.45, 7) is 2.08. The molecule has 0 bridgehead atoms. The molecule has 2 fully saturated rings. The minimum Gasteiger partial charge on any atom is -0.337 e. The maximum absolute atomic E-state index is 12.7. The fourth-order valence-electron chi connectivity index (χ4n) is 3.13. The third-order valence-electron chi connectivity index (χ3n) is 4.62. The van der Waals surface area contributed by atoms with Crippen molar-refractivity contribution < 1.29 is 9.32 Å². The number of hydrogen-bond acceptors (Lipinski definition) is 6. The number of hydrogen-bond donors (Lipinski definition) is 1. The first-order valence-electron chi connectivity index (χ1n) is 8.07. The number of nitrogens with one attached hydrogen (secondary N) is 1. The van der Waals surface area contributed by atoms with Gasteiger partial charge in [-0.2, -0.15) is 4.98 Å². The molecule has 3 rings (SSSR count). The zero-order chi connectivity index (χ0) is 15.5. The van der Waals surface area contributed by atoms with E-state index in [2.05, 4.69) is 22.4 Å². The lowest BCUT2D eigenvalue weighted by atomic mass is 10.1. The first-order chi connectivity index (χ1) is 10.7. The molecular formula is C15H24N4O2S. The average molecular weight is 324 g/mol. The van der Waals surface area contributed by atoms with Crippen LogP contribution >= 0.6 is 11.8 Å². The second kappa shape index (κ2) is 7.00. The van der Waals surface area contributed by atoms with Crippen LogP contribution in [0.5, 0.6) is 0 Å². The van der Waals surface area contributed by atoms with E-state index in [1.807, 2.05) is 11.9 Å². The van der Waals surface area contributed by atoms with Crippen LogP contribution in [0.4, 0.5) is 0 Å². The molecule has 1 amide bonds. The molecule has 1 N–H and O–H groups in total. The molecular weight excluding hydrogens is 300 g/mol. The maximum atomic E-state index is 12.7. The second-order valence-corrected chi connectivity index (χ2v) is 7.25. The Balaban J connectivity index is 1.68. The van der Waals surface area contributed by atoms with Gasteiger partial charge < -0.3 is 14.7 Å². The van der Waals surface area contributed by atoms with Crippen LogP contribution in [-0.4, -0.2) is 45.7 Å². The monoisotopic (exact) mass is 324 g/mol. The van der Waals surface area contributed by atoms with Gasteiger partial charge in [-0.25, -0.2) is 0 Å². The molecule has 2 unspecified atom stereocenters. The van der Waals surface area contributed by atoms with Crippen LogP contribution in [0.1, 0.15) is 50.4 Å². The maximum Gasteiger partial charge on any atom is 0.250 e. The van der Waals surface area contributed by atoms with Crippen molar-refractivity contribution in [3.05, 3.63) is 11.7 Å². The summed E-state index contributed by atoms with van der Waals surface area (Å²) in [5.74, 6) is 3.37. The Hall–Kier alpha value is -1.08. The van der Waals surface area contributed by atoms with E-state index in [0.29, 0.717) is 17.8 Å². The predicted octanol–water partition coefficient (Wildman–Crippen LogP) is 1.98. The Morgan fingerprint density at radius 3 is 3.00 bits per heavy atom. The van der Waals surface area contributed by atoms with Gasteiger partial charge >= 0.3 is 0 Å². The minimum atomic E-state index is -0.0516. The highest BCUT2D eigenvalue weighted by Crippen LogP contribution is 2.36. The topological polar surface area (TPSA) is 71.3 Å². The summed E-state index contributed by atoms with van der Waals surface area (Å²) >= 11 is 1.76. The molecule has 2 atom stereocenters. The fourth-order valence-corrected chi connectivity index (χ4v) is 4.29. The zero-order valence-electron chi connectivity index (χ0n) is 13.2. The number of carbonyl (C=O) groups is 1. The van der Waals surface area contributed by atoms with Crippen molar-refractivity contribution in [3.63, 3.8) is 0 Å². The van der Waals surface area contributed by atoms with E-state index in [4.69, 9.17) is 4.52 Å². The predicted molar refractivity (Wildman–Crippen MR) is 85.4 cm³/mol. The Kier molecular flexibility index (Phi) is 5.03. The highest BCUT2D eigenvalue weighted by atomic mass is 32.2. The van der Waals surface area contributed by atoms with Crippen LogP contribution in [0.2, 0.25) is 0 Å². The standard InChI is InChI=1S/C15H24N4O2S/c1-10(16-2)7-13-17-14(21-18-13)12-8-22-9-19(12)15(20)11-5-3-4-6-11/h10-12,16H,3-9H2,1-2H3. The van der Waals surface area contributed by atoms with Crippen molar-refractivity contribution in [2.45, 2.75) is 51.1 Å². The molecule has 1 aliphatic carbocycles. The second-order valence-electron chi connectivity index (χ2n) is 6.25. The lowest BCUT2D eigenvalue weighted by Gasteiger charge is -2.24. The Bertz CT molecular complexity index is 515. The van der Waals surface area contributed by atoms with Crippen molar-refractivity contribution in [1.82, 2.24) is 20.4 Å². The molecule has 1 saturated carbocycles. The molecule has 122 valence electrons. The smallest absolute Gasteiger partial charge is 0.250 e. The van der Waals surface area contributed by atoms with Gasteiger partial charge in [-0.15, -0.1) is 11.8 Å². The highest BCUT2D eigenvalue weighted by Gasteiger charge is 2.38. The van der Waals surface area contributed by atoms with Crippen molar-refractivity contribution >= 4 is 17.7 Å². The summed E-state index contributed by atoms with van der Waals surface area (Å²) in [5.41, 5.74) is 0. The third-order valence-corrected chi connectivity index (χ3v) is 5.63. The highest BCUT2D eigenvalue weighted by molar-refractivity contribution is 7.99. The number of nitrogens with zero attached hydrogens (tertiary/aromatic N) is 3. The van der Waals surface area contributed by atoms with Crippen LogP contribution in [0.25, 0.3) is 0 Å². The minimum absolute atomic E-state index is 0.0516. The van der Waals surface area contributed by atoms with E-state index >= 15 is 0 Å². The van der Waals surface area contributed by atoms with Crippen molar-refractivity contribution in [2.24, 2.45) is 5.92 Å². The number of thioether (sulfide) groups is 1. The summed E-state index contributed by atoms with van der Waals surface area (Å²) in [6, 6.07) is 0.254. The van der Waals surface area contributed by atoms with Crippen LogP contribution in [0, 0.1) is 5.92 Å². The van der Waals surface area contributed by atoms with E-state index in [1.54, 1.807) is 11.8 Å². The molecule has 0 radical (unpaired) electrons. The number of rotatable bonds is 5. The molecule has 6 nitrogen and oxygen atoms in total. The van der Waals surface area contributed by atoms with E-state index in [1.165, 1.54) is 12.8 Å². The lowest BCUT2D eigenvalue weighted by Crippen LogP contribution is -2.35. The van der Waals surface area contributed by atoms with Gasteiger partial charge in [0.2, 0.25) is 11.8 Å². The van der Waals surface area contributed by atoms with Crippen molar-refractivity contribution in [1.29, 1.82) is 0 Å². The van der Waals surface area contributed by atoms with Gasteiger partial charge in [-0.3, -0.25) is 4.79 Å². The van der Waals surface area contributed by atoms with Crippen LogP contribution in [0.15, 0.2) is 4.52 Å². The molecule has 7 heteroatoms. The fraction of sp³-hybridized carbons (Fsp3) is 0.800. The Morgan fingerprint density at radius 2 is 2.27 bits per heavy atom. The van der Waals surface area contributed by atoms with Crippen molar-refractivity contribution in [2.75, 3.05) is 18.7 Å². The Morgan fingerprint density at radius 1 is 1.50 bits per heavy atom. The summed E-state index contributed by atoms with van der Waals surface area (Å²) in [5, 5.41) is 7.23. The largest absolute Gasteiger partial charge is 0.337 e. The summed E-state index contributed by atoms with van der Waals surface area (Å²) in [6.07, 6.45) is 5.14. The number of likely N-dealkylation sites (N-methyl/N-ethyl adjacent to an activating group) is 1. The van der Waals surface area contributed by atoms with Gasteiger partial charge in [-0.05, 0) is 26.8 Å². The van der Waals surface area contributed by atoms with Crippen molar-refractivity contribution in [3.8, 4) is 0 Å². The van der Waals surface area contributed by atoms with Gasteiger partial charge in [0, 0.05) is 24.1 Å². The zero-order valence-corrected chi connectivity index (χ0v) is 14.1. The first-order valence-corrected chi connectivity index (χ1v) is 9.22. The first kappa shape index (κ1) is 15.8. The summed E-state index contributed by atoms with van der Waals surface area (Å²) in [4.78, 5) is 19.1. The van der Waals surface area contributed by atoms with Gasteiger partial charge in [-0.1, -0.05) is 18.0 Å².